The quantitative estimate of drug-likeness (QED) is 0.526. The van der Waals surface area contributed by atoms with Gasteiger partial charge in [0.15, 0.2) is 0 Å². The number of hydrogen-bond donors (Lipinski definition) is 0. The summed E-state index contributed by atoms with van der Waals surface area (Å²) in [5.41, 5.74) is 0. The Morgan fingerprint density at radius 1 is 0.950 bits per heavy atom. The number of amides is 2. The van der Waals surface area contributed by atoms with E-state index in [-0.39, 0.29) is 17.7 Å². The van der Waals surface area contributed by atoms with Crippen LogP contribution in [-0.4, -0.2) is 64.0 Å². The van der Waals surface area contributed by atoms with Crippen molar-refractivity contribution in [1.29, 1.82) is 0 Å². The van der Waals surface area contributed by atoms with Crippen LogP contribution in [0.1, 0.15) is 26.7 Å². The second-order valence-electron chi connectivity index (χ2n) is 5.99. The lowest BCUT2D eigenvalue weighted by Gasteiger charge is -2.38. The first-order chi connectivity index (χ1) is 9.49. The van der Waals surface area contributed by atoms with E-state index >= 15 is 0 Å². The Bertz CT molecular complexity index is 359. The van der Waals surface area contributed by atoms with E-state index in [4.69, 9.17) is 0 Å². The van der Waals surface area contributed by atoms with E-state index in [1.54, 1.807) is 0 Å². The van der Waals surface area contributed by atoms with Crippen molar-refractivity contribution < 1.29 is 9.59 Å². The molecular weight excluding hydrogens is 369 g/mol. The van der Waals surface area contributed by atoms with Crippen molar-refractivity contribution in [2.45, 2.75) is 26.7 Å². The van der Waals surface area contributed by atoms with Gasteiger partial charge in [0.1, 0.15) is 0 Å². The smallest absolute Gasteiger partial charge is 0.225 e. The van der Waals surface area contributed by atoms with Crippen LogP contribution in [0.15, 0.2) is 0 Å². The number of piperazine rings is 1. The molecule has 2 aliphatic heterocycles. The number of carbonyl (C=O) groups is 2. The van der Waals surface area contributed by atoms with E-state index in [1.165, 1.54) is 0 Å². The molecule has 0 aromatic rings. The van der Waals surface area contributed by atoms with E-state index in [0.717, 1.165) is 25.9 Å². The Kier molecular flexibility index (Phi) is 5.65. The number of carbonyl (C=O) groups excluding carboxylic acids is 2. The van der Waals surface area contributed by atoms with Crippen LogP contribution < -0.4 is 0 Å². The molecule has 114 valence electrons. The molecule has 2 amide bonds. The molecule has 2 aliphatic rings. The Morgan fingerprint density at radius 2 is 1.45 bits per heavy atom. The summed E-state index contributed by atoms with van der Waals surface area (Å²) in [6.07, 6.45) is 1.93. The van der Waals surface area contributed by atoms with E-state index in [2.05, 4.69) is 26.0 Å². The van der Waals surface area contributed by atoms with Crippen LogP contribution in [0.5, 0.6) is 0 Å². The van der Waals surface area contributed by atoms with Gasteiger partial charge in [-0.25, -0.2) is 3.11 Å². The topological polar surface area (TPSA) is 43.9 Å². The van der Waals surface area contributed by atoms with Gasteiger partial charge in [0.25, 0.3) is 0 Å². The lowest BCUT2D eigenvalue weighted by Crippen LogP contribution is -2.53. The van der Waals surface area contributed by atoms with Gasteiger partial charge >= 0.3 is 0 Å². The van der Waals surface area contributed by atoms with Crippen LogP contribution in [0.3, 0.4) is 0 Å². The Morgan fingerprint density at radius 3 is 1.95 bits per heavy atom. The lowest BCUT2D eigenvalue weighted by molar-refractivity contribution is -0.144. The maximum atomic E-state index is 12.5. The molecule has 0 aromatic carbocycles. The van der Waals surface area contributed by atoms with Gasteiger partial charge < -0.3 is 9.80 Å². The average molecular weight is 393 g/mol. The Labute approximate surface area is 135 Å². The van der Waals surface area contributed by atoms with Crippen LogP contribution in [0, 0.1) is 11.8 Å². The zero-order chi connectivity index (χ0) is 14.7. The molecule has 5 nitrogen and oxygen atoms in total. The highest BCUT2D eigenvalue weighted by Crippen LogP contribution is 2.22. The standard InChI is InChI=1S/C14H24IN3O2/c1-11(2)13(19)16-7-9-17(10-8-16)14(20)12-3-5-18(15)6-4-12/h11-12H,3-10H2,1-2H3. The van der Waals surface area contributed by atoms with E-state index < -0.39 is 0 Å². The predicted molar refractivity (Wildman–Crippen MR) is 86.3 cm³/mol. The number of nitrogens with zero attached hydrogens (tertiary/aromatic N) is 3. The normalized spacial score (nSPS) is 22.4. The monoisotopic (exact) mass is 393 g/mol. The molecule has 20 heavy (non-hydrogen) atoms. The number of piperidine rings is 1. The summed E-state index contributed by atoms with van der Waals surface area (Å²) in [6, 6.07) is 0. The molecule has 0 aliphatic carbocycles. The fourth-order valence-electron chi connectivity index (χ4n) is 2.87. The molecule has 0 radical (unpaired) electrons. The van der Waals surface area contributed by atoms with Gasteiger partial charge in [-0.1, -0.05) is 13.8 Å². The lowest BCUT2D eigenvalue weighted by atomic mass is 9.96. The maximum absolute atomic E-state index is 12.5. The summed E-state index contributed by atoms with van der Waals surface area (Å²) < 4.78 is 2.25. The van der Waals surface area contributed by atoms with Crippen LogP contribution >= 0.6 is 22.9 Å². The highest BCUT2D eigenvalue weighted by atomic mass is 127. The highest BCUT2D eigenvalue weighted by molar-refractivity contribution is 14.1. The molecule has 0 spiro atoms. The number of hydrogen-bond acceptors (Lipinski definition) is 3. The minimum Gasteiger partial charge on any atom is -0.339 e. The molecule has 0 unspecified atom stereocenters. The van der Waals surface area contributed by atoms with Crippen LogP contribution in [-0.2, 0) is 9.59 Å². The first-order valence-corrected chi connectivity index (χ1v) is 8.44. The summed E-state index contributed by atoms with van der Waals surface area (Å²) in [4.78, 5) is 28.2. The molecule has 0 N–H and O–H groups in total. The highest BCUT2D eigenvalue weighted by Gasteiger charge is 2.31. The van der Waals surface area contributed by atoms with Crippen molar-refractivity contribution in [3.8, 4) is 0 Å². The second-order valence-corrected chi connectivity index (χ2v) is 7.35. The van der Waals surface area contributed by atoms with Crippen molar-refractivity contribution in [2.24, 2.45) is 11.8 Å². The summed E-state index contributed by atoms with van der Waals surface area (Å²) >= 11 is 2.32. The van der Waals surface area contributed by atoms with E-state index in [0.29, 0.717) is 32.1 Å². The number of rotatable bonds is 2. The summed E-state index contributed by atoms with van der Waals surface area (Å²) in [6.45, 7) is 8.63. The zero-order valence-corrected chi connectivity index (χ0v) is 14.5. The predicted octanol–water partition coefficient (Wildman–Crippen LogP) is 1.38. The van der Waals surface area contributed by atoms with Gasteiger partial charge in [0.05, 0.1) is 0 Å². The van der Waals surface area contributed by atoms with Crippen molar-refractivity contribution in [3.05, 3.63) is 0 Å². The molecule has 0 saturated carbocycles. The number of halogens is 1. The van der Waals surface area contributed by atoms with Gasteiger partial charge in [-0.15, -0.1) is 0 Å². The fourth-order valence-corrected chi connectivity index (χ4v) is 3.42. The minimum absolute atomic E-state index is 0.0465. The molecule has 2 fully saturated rings. The minimum atomic E-state index is 0.0465. The van der Waals surface area contributed by atoms with Crippen molar-refractivity contribution in [2.75, 3.05) is 39.3 Å². The van der Waals surface area contributed by atoms with Crippen molar-refractivity contribution >= 4 is 34.7 Å². The fraction of sp³-hybridized carbons (Fsp3) is 0.857. The van der Waals surface area contributed by atoms with E-state index in [1.807, 2.05) is 23.6 Å². The summed E-state index contributed by atoms with van der Waals surface area (Å²) in [5, 5.41) is 0. The molecule has 2 rings (SSSR count). The third-order valence-corrected chi connectivity index (χ3v) is 5.15. The molecule has 0 aromatic heterocycles. The summed E-state index contributed by atoms with van der Waals surface area (Å²) in [5.74, 6) is 0.736. The van der Waals surface area contributed by atoms with Gasteiger partial charge in [-0.3, -0.25) is 9.59 Å². The molecule has 0 atom stereocenters. The maximum Gasteiger partial charge on any atom is 0.225 e. The van der Waals surface area contributed by atoms with Crippen LogP contribution in [0.25, 0.3) is 0 Å². The molecule has 6 heteroatoms. The Hall–Kier alpha value is -0.370. The Balaban J connectivity index is 1.81. The molecule has 0 bridgehead atoms. The largest absolute Gasteiger partial charge is 0.339 e. The first kappa shape index (κ1) is 16.0. The zero-order valence-electron chi connectivity index (χ0n) is 12.3. The van der Waals surface area contributed by atoms with Gasteiger partial charge in [0, 0.05) is 74.0 Å². The van der Waals surface area contributed by atoms with Crippen molar-refractivity contribution in [3.63, 3.8) is 0 Å². The van der Waals surface area contributed by atoms with Crippen LogP contribution in [0.2, 0.25) is 0 Å². The molecular formula is C14H24IN3O2. The third-order valence-electron chi connectivity index (χ3n) is 4.19. The van der Waals surface area contributed by atoms with Gasteiger partial charge in [-0.05, 0) is 12.8 Å². The van der Waals surface area contributed by atoms with Gasteiger partial charge in [0.2, 0.25) is 11.8 Å². The SMILES string of the molecule is CC(C)C(=O)N1CCN(C(=O)C2CCN(I)CC2)CC1. The average Bonchev–Trinajstić information content (AvgIpc) is 2.46. The van der Waals surface area contributed by atoms with E-state index in [9.17, 15) is 9.59 Å². The second kappa shape index (κ2) is 7.06. The molecule has 2 saturated heterocycles. The van der Waals surface area contributed by atoms with Crippen molar-refractivity contribution in [1.82, 2.24) is 12.9 Å². The first-order valence-electron chi connectivity index (χ1n) is 7.47. The van der Waals surface area contributed by atoms with Gasteiger partial charge in [-0.2, -0.15) is 0 Å². The molecule has 2 heterocycles. The third kappa shape index (κ3) is 3.84. The summed E-state index contributed by atoms with van der Waals surface area (Å²) in [7, 11) is 0. The van der Waals surface area contributed by atoms with Crippen LogP contribution in [0.4, 0.5) is 0 Å².